The van der Waals surface area contributed by atoms with Crippen LogP contribution in [0.3, 0.4) is 0 Å². The largest absolute Gasteiger partial charge is 0.401 e. The first kappa shape index (κ1) is 22.2. The quantitative estimate of drug-likeness (QED) is 0.506. The average Bonchev–Trinajstić information content (AvgIpc) is 3.00. The van der Waals surface area contributed by atoms with Crippen LogP contribution in [0.2, 0.25) is 0 Å². The van der Waals surface area contributed by atoms with Crippen molar-refractivity contribution in [1.82, 2.24) is 20.4 Å². The molecule has 2 heterocycles. The monoisotopic (exact) mass is 393 g/mol. The lowest BCUT2D eigenvalue weighted by Gasteiger charge is -2.34. The number of alkyl halides is 3. The van der Waals surface area contributed by atoms with Crippen LogP contribution in [0.25, 0.3) is 0 Å². The molecule has 27 heavy (non-hydrogen) atoms. The van der Waals surface area contributed by atoms with Gasteiger partial charge in [0.05, 0.1) is 19.3 Å². The van der Waals surface area contributed by atoms with Crippen molar-refractivity contribution in [2.75, 3.05) is 66.0 Å². The number of hydrogen-bond donors (Lipinski definition) is 2. The second-order valence-electron chi connectivity index (χ2n) is 7.99. The Bertz CT molecular complexity index is 472. The van der Waals surface area contributed by atoms with Crippen LogP contribution in [0.1, 0.15) is 20.3 Å². The van der Waals surface area contributed by atoms with Crippen LogP contribution in [0.5, 0.6) is 0 Å². The maximum Gasteiger partial charge on any atom is 0.401 e. The van der Waals surface area contributed by atoms with E-state index < -0.39 is 12.7 Å². The summed E-state index contributed by atoms with van der Waals surface area (Å²) in [6.45, 7) is 9.56. The third kappa shape index (κ3) is 8.66. The van der Waals surface area contributed by atoms with Crippen molar-refractivity contribution in [2.45, 2.75) is 32.5 Å². The normalized spacial score (nSPS) is 26.0. The second kappa shape index (κ2) is 10.5. The first-order valence-corrected chi connectivity index (χ1v) is 9.82. The van der Waals surface area contributed by atoms with E-state index in [0.717, 1.165) is 32.7 Å². The van der Waals surface area contributed by atoms with Crippen molar-refractivity contribution in [3.05, 3.63) is 0 Å². The number of ether oxygens (including phenoxy) is 1. The van der Waals surface area contributed by atoms with Crippen LogP contribution in [-0.4, -0.2) is 94.1 Å². The molecule has 2 unspecified atom stereocenters. The van der Waals surface area contributed by atoms with E-state index in [2.05, 4.69) is 34.4 Å². The number of nitrogens with zero attached hydrogens (tertiary/aromatic N) is 3. The lowest BCUT2D eigenvalue weighted by atomic mass is 10.1. The van der Waals surface area contributed by atoms with Gasteiger partial charge in [-0.3, -0.25) is 14.8 Å². The Morgan fingerprint density at radius 2 is 1.89 bits per heavy atom. The van der Waals surface area contributed by atoms with Gasteiger partial charge in [0.2, 0.25) is 0 Å². The van der Waals surface area contributed by atoms with Crippen molar-refractivity contribution in [3.63, 3.8) is 0 Å². The van der Waals surface area contributed by atoms with Gasteiger partial charge in [0.15, 0.2) is 5.96 Å². The Balaban J connectivity index is 1.66. The summed E-state index contributed by atoms with van der Waals surface area (Å²) in [4.78, 5) is 8.11. The summed E-state index contributed by atoms with van der Waals surface area (Å²) in [5.41, 5.74) is 0. The number of morpholine rings is 1. The molecule has 0 aromatic heterocycles. The fourth-order valence-electron chi connectivity index (χ4n) is 3.73. The Hall–Kier alpha value is -1.06. The van der Waals surface area contributed by atoms with Gasteiger partial charge >= 0.3 is 6.18 Å². The molecule has 2 N–H and O–H groups in total. The number of nitrogens with one attached hydrogen (secondary N) is 2. The lowest BCUT2D eigenvalue weighted by molar-refractivity contribution is -0.143. The topological polar surface area (TPSA) is 52.1 Å². The highest BCUT2D eigenvalue weighted by molar-refractivity contribution is 5.79. The molecule has 2 aliphatic rings. The van der Waals surface area contributed by atoms with Crippen molar-refractivity contribution in [2.24, 2.45) is 16.8 Å². The van der Waals surface area contributed by atoms with Crippen molar-refractivity contribution >= 4 is 5.96 Å². The molecular weight excluding hydrogens is 359 g/mol. The molecule has 0 amide bonds. The van der Waals surface area contributed by atoms with E-state index in [1.807, 2.05) is 0 Å². The first-order valence-electron chi connectivity index (χ1n) is 9.82. The third-order valence-corrected chi connectivity index (χ3v) is 4.90. The molecule has 0 radical (unpaired) electrons. The highest BCUT2D eigenvalue weighted by atomic mass is 19.4. The molecule has 0 bridgehead atoms. The zero-order chi connectivity index (χ0) is 19.9. The number of hydrogen-bond acceptors (Lipinski definition) is 4. The van der Waals surface area contributed by atoms with E-state index in [1.54, 1.807) is 7.05 Å². The molecule has 6 nitrogen and oxygen atoms in total. The summed E-state index contributed by atoms with van der Waals surface area (Å²) in [7, 11) is 1.70. The lowest BCUT2D eigenvalue weighted by Crippen LogP contribution is -2.50. The van der Waals surface area contributed by atoms with Crippen molar-refractivity contribution in [1.29, 1.82) is 0 Å². The molecule has 2 aliphatic heterocycles. The number of rotatable bonds is 7. The van der Waals surface area contributed by atoms with Gasteiger partial charge in [0.25, 0.3) is 0 Å². The van der Waals surface area contributed by atoms with Crippen LogP contribution in [0.15, 0.2) is 4.99 Å². The molecule has 2 atom stereocenters. The van der Waals surface area contributed by atoms with Gasteiger partial charge in [0, 0.05) is 46.3 Å². The summed E-state index contributed by atoms with van der Waals surface area (Å²) in [5.74, 6) is 1.52. The van der Waals surface area contributed by atoms with Gasteiger partial charge in [-0.15, -0.1) is 0 Å². The Morgan fingerprint density at radius 3 is 2.56 bits per heavy atom. The van der Waals surface area contributed by atoms with E-state index in [1.165, 1.54) is 4.90 Å². The molecule has 9 heteroatoms. The number of guanidine groups is 1. The van der Waals surface area contributed by atoms with Gasteiger partial charge < -0.3 is 15.4 Å². The molecule has 0 aromatic rings. The van der Waals surface area contributed by atoms with Crippen LogP contribution in [-0.2, 0) is 4.74 Å². The predicted octanol–water partition coefficient (Wildman–Crippen LogP) is 1.39. The minimum atomic E-state index is -4.12. The zero-order valence-corrected chi connectivity index (χ0v) is 16.7. The average molecular weight is 393 g/mol. The first-order chi connectivity index (χ1) is 12.7. The Kier molecular flexibility index (Phi) is 8.62. The fraction of sp³-hybridized carbons (Fsp3) is 0.944. The van der Waals surface area contributed by atoms with Crippen LogP contribution in [0.4, 0.5) is 13.2 Å². The second-order valence-corrected chi connectivity index (χ2v) is 7.99. The summed E-state index contributed by atoms with van der Waals surface area (Å²) >= 11 is 0. The molecule has 2 fully saturated rings. The van der Waals surface area contributed by atoms with E-state index in [9.17, 15) is 13.2 Å². The summed E-state index contributed by atoms with van der Waals surface area (Å²) in [6.07, 6.45) is -3.23. The smallest absolute Gasteiger partial charge is 0.374 e. The van der Waals surface area contributed by atoms with E-state index in [4.69, 9.17) is 4.74 Å². The van der Waals surface area contributed by atoms with Gasteiger partial charge in [-0.1, -0.05) is 13.8 Å². The molecule has 0 spiro atoms. The van der Waals surface area contributed by atoms with Crippen LogP contribution < -0.4 is 10.6 Å². The van der Waals surface area contributed by atoms with E-state index in [-0.39, 0.29) is 12.0 Å². The van der Waals surface area contributed by atoms with E-state index in [0.29, 0.717) is 38.1 Å². The molecule has 0 aliphatic carbocycles. The summed E-state index contributed by atoms with van der Waals surface area (Å²) in [6, 6.07) is 0. The van der Waals surface area contributed by atoms with Crippen molar-refractivity contribution < 1.29 is 17.9 Å². The molecule has 0 saturated carbocycles. The molecule has 0 aromatic carbocycles. The van der Waals surface area contributed by atoms with E-state index >= 15 is 0 Å². The van der Waals surface area contributed by atoms with Gasteiger partial charge in [0.1, 0.15) is 0 Å². The maximum absolute atomic E-state index is 12.5. The third-order valence-electron chi connectivity index (χ3n) is 4.90. The fourth-order valence-corrected chi connectivity index (χ4v) is 3.73. The van der Waals surface area contributed by atoms with Gasteiger partial charge in [-0.05, 0) is 24.8 Å². The molecule has 2 rings (SSSR count). The molecule has 158 valence electrons. The van der Waals surface area contributed by atoms with Crippen LogP contribution >= 0.6 is 0 Å². The highest BCUT2D eigenvalue weighted by Crippen LogP contribution is 2.22. The molecular formula is C18H34F3N5O. The molecule has 2 saturated heterocycles. The minimum Gasteiger partial charge on any atom is -0.374 e. The predicted molar refractivity (Wildman–Crippen MR) is 101 cm³/mol. The minimum absolute atomic E-state index is 0.116. The van der Waals surface area contributed by atoms with Gasteiger partial charge in [-0.25, -0.2) is 0 Å². The Morgan fingerprint density at radius 1 is 1.15 bits per heavy atom. The SMILES string of the molecule is CN=C(NCC1CCN(CC(F)(F)F)C1)NCC1CN(CC(C)C)CCO1. The van der Waals surface area contributed by atoms with Crippen molar-refractivity contribution in [3.8, 4) is 0 Å². The number of likely N-dealkylation sites (tertiary alicyclic amines) is 1. The summed E-state index contributed by atoms with van der Waals surface area (Å²) < 4.78 is 43.3. The number of aliphatic imine (C=N–C) groups is 1. The van der Waals surface area contributed by atoms with Gasteiger partial charge in [-0.2, -0.15) is 13.2 Å². The zero-order valence-electron chi connectivity index (χ0n) is 16.7. The Labute approximate surface area is 160 Å². The maximum atomic E-state index is 12.5. The number of halogens is 3. The standard InChI is InChI=1S/C18H34F3N5O/c1-14(2)10-25-6-7-27-16(12-25)9-24-17(22-3)23-8-15-4-5-26(11-15)13-18(19,20)21/h14-16H,4-13H2,1-3H3,(H2,22,23,24). The highest BCUT2D eigenvalue weighted by Gasteiger charge is 2.34. The van der Waals surface area contributed by atoms with Crippen LogP contribution in [0, 0.1) is 11.8 Å². The summed E-state index contributed by atoms with van der Waals surface area (Å²) in [5, 5.41) is 6.52.